The second-order valence-corrected chi connectivity index (χ2v) is 9.27. The summed E-state index contributed by atoms with van der Waals surface area (Å²) >= 11 is 0. The summed E-state index contributed by atoms with van der Waals surface area (Å²) in [5, 5.41) is 31.4. The molecule has 0 bridgehead atoms. The molecule has 0 aliphatic carbocycles. The number of nitrogens with two attached hydrogens (primary N) is 1. The van der Waals surface area contributed by atoms with E-state index in [1.165, 1.54) is 12.1 Å². The Morgan fingerprint density at radius 3 is 1.76 bits per heavy atom. The van der Waals surface area contributed by atoms with Gasteiger partial charge < -0.3 is 10.8 Å². The number of rotatable bonds is 5. The summed E-state index contributed by atoms with van der Waals surface area (Å²) in [5.41, 5.74) is 8.14. The number of anilines is 1. The number of benzene rings is 5. The van der Waals surface area contributed by atoms with E-state index in [1.807, 2.05) is 24.3 Å². The second kappa shape index (κ2) is 10.8. The summed E-state index contributed by atoms with van der Waals surface area (Å²) in [6.45, 7) is 0. The van der Waals surface area contributed by atoms with E-state index in [1.54, 1.807) is 48.5 Å². The third kappa shape index (κ3) is 5.53. The molecule has 0 aliphatic rings. The predicted molar refractivity (Wildman–Crippen MR) is 136 cm³/mol. The fraction of sp³-hybridized carbons (Fsp3) is 0. The molecular formula is C26H18N5NaO4S. The molecule has 0 amide bonds. The van der Waals surface area contributed by atoms with Crippen molar-refractivity contribution in [3.8, 4) is 5.75 Å². The molecule has 5 aromatic rings. The maximum Gasteiger partial charge on any atom is 1.00 e. The average Bonchev–Trinajstić information content (AvgIpc) is 2.88. The molecule has 9 nitrogen and oxygen atoms in total. The van der Waals surface area contributed by atoms with Crippen LogP contribution in [0.15, 0.2) is 116 Å². The molecule has 178 valence electrons. The summed E-state index contributed by atoms with van der Waals surface area (Å²) in [4.78, 5) is -0.405. The van der Waals surface area contributed by atoms with Crippen LogP contribution in [0.4, 0.5) is 28.4 Å². The van der Waals surface area contributed by atoms with Crippen molar-refractivity contribution in [2.45, 2.75) is 4.90 Å². The molecule has 0 radical (unpaired) electrons. The predicted octanol–water partition coefficient (Wildman–Crippen LogP) is 3.73. The summed E-state index contributed by atoms with van der Waals surface area (Å²) < 4.78 is 33.3. The van der Waals surface area contributed by atoms with Crippen molar-refractivity contribution in [2.24, 2.45) is 20.5 Å². The van der Waals surface area contributed by atoms with E-state index >= 15 is 0 Å². The van der Waals surface area contributed by atoms with E-state index in [-0.39, 0.29) is 46.0 Å². The smallest absolute Gasteiger partial charge is 0.871 e. The number of nitrogen functional groups attached to an aromatic ring is 1. The Morgan fingerprint density at radius 1 is 0.649 bits per heavy atom. The number of nitrogens with zero attached hydrogens (tertiary/aromatic N) is 4. The van der Waals surface area contributed by atoms with Crippen LogP contribution in [0, 0.1) is 0 Å². The summed E-state index contributed by atoms with van der Waals surface area (Å²) in [6.07, 6.45) is 0. The van der Waals surface area contributed by atoms with Crippen LogP contribution in [-0.4, -0.2) is 13.0 Å². The first kappa shape index (κ1) is 26.4. The molecule has 0 fully saturated rings. The van der Waals surface area contributed by atoms with E-state index in [9.17, 15) is 18.1 Å². The Balaban J connectivity index is 0.00000320. The van der Waals surface area contributed by atoms with Gasteiger partial charge in [-0.2, -0.15) is 23.8 Å². The van der Waals surface area contributed by atoms with Crippen LogP contribution in [-0.2, 0) is 10.1 Å². The van der Waals surface area contributed by atoms with E-state index in [4.69, 9.17) is 5.73 Å². The van der Waals surface area contributed by atoms with Gasteiger partial charge in [-0.05, 0) is 47.9 Å². The fourth-order valence-corrected chi connectivity index (χ4v) is 4.51. The normalized spacial score (nSPS) is 11.9. The molecule has 37 heavy (non-hydrogen) atoms. The largest absolute Gasteiger partial charge is 1.00 e. The first-order valence-corrected chi connectivity index (χ1v) is 12.2. The van der Waals surface area contributed by atoms with Gasteiger partial charge in [-0.1, -0.05) is 54.3 Å². The molecule has 0 saturated carbocycles. The zero-order valence-electron chi connectivity index (χ0n) is 19.6. The van der Waals surface area contributed by atoms with Crippen molar-refractivity contribution in [3.05, 3.63) is 91.0 Å². The monoisotopic (exact) mass is 519 g/mol. The quantitative estimate of drug-likeness (QED) is 0.157. The number of hydrogen-bond acceptors (Lipinski definition) is 8. The molecule has 0 heterocycles. The Labute approximate surface area is 234 Å². The molecular weight excluding hydrogens is 501 g/mol. The molecule has 11 heteroatoms. The van der Waals surface area contributed by atoms with Crippen LogP contribution in [0.25, 0.3) is 21.5 Å². The van der Waals surface area contributed by atoms with Crippen LogP contribution < -0.4 is 40.4 Å². The van der Waals surface area contributed by atoms with E-state index in [0.717, 1.165) is 16.8 Å². The molecule has 0 atom stereocenters. The van der Waals surface area contributed by atoms with Crippen LogP contribution in [0.3, 0.4) is 0 Å². The van der Waals surface area contributed by atoms with Crippen LogP contribution in [0.5, 0.6) is 5.75 Å². The van der Waals surface area contributed by atoms with Gasteiger partial charge >= 0.3 is 29.6 Å². The number of azo groups is 2. The Kier molecular flexibility index (Phi) is 7.67. The van der Waals surface area contributed by atoms with Gasteiger partial charge in [0.1, 0.15) is 4.90 Å². The molecule has 5 rings (SSSR count). The summed E-state index contributed by atoms with van der Waals surface area (Å²) in [5.74, 6) is -0.497. The van der Waals surface area contributed by atoms with Crippen molar-refractivity contribution >= 4 is 60.1 Å². The van der Waals surface area contributed by atoms with Crippen LogP contribution in [0.1, 0.15) is 0 Å². The van der Waals surface area contributed by atoms with Crippen molar-refractivity contribution in [1.82, 2.24) is 0 Å². The number of hydrogen-bond donors (Lipinski definition) is 2. The standard InChI is InChI=1S/C26H19N5O4S.Na/c27-22-13-14-23(19-6-2-1-5-18(19)22)30-28-16-9-11-17(12-10-16)29-31-24-15-25(36(33,34)35)20-7-3-4-8-21(20)26(24)32;/h1-15,32H,27H2,(H,33,34,35);/q;+1/p-1. The van der Waals surface area contributed by atoms with Gasteiger partial charge in [-0.3, -0.25) is 4.55 Å². The topological polar surface area (TPSA) is 153 Å². The average molecular weight is 520 g/mol. The Hall–Kier alpha value is -3.67. The minimum atomic E-state index is -4.57. The molecule has 0 saturated heterocycles. The van der Waals surface area contributed by atoms with Crippen molar-refractivity contribution < 1.29 is 47.6 Å². The zero-order valence-corrected chi connectivity index (χ0v) is 22.4. The van der Waals surface area contributed by atoms with Gasteiger partial charge in [-0.15, -0.1) is 5.11 Å². The van der Waals surface area contributed by atoms with E-state index in [0.29, 0.717) is 22.7 Å². The van der Waals surface area contributed by atoms with Gasteiger partial charge in [-0.25, -0.2) is 0 Å². The third-order valence-electron chi connectivity index (χ3n) is 5.55. The van der Waals surface area contributed by atoms with Crippen LogP contribution >= 0.6 is 0 Å². The SMILES string of the molecule is Nc1ccc(N=Nc2ccc(N=Nc3cc(S(=O)(=O)O)c4ccccc4c3[O-])cc2)c2ccccc12.[Na+]. The molecule has 5 aromatic carbocycles. The van der Waals surface area contributed by atoms with Crippen molar-refractivity contribution in [2.75, 3.05) is 5.73 Å². The summed E-state index contributed by atoms with van der Waals surface area (Å²) in [7, 11) is -4.57. The first-order valence-electron chi connectivity index (χ1n) is 10.7. The molecule has 0 aromatic heterocycles. The Morgan fingerprint density at radius 2 is 1.16 bits per heavy atom. The van der Waals surface area contributed by atoms with Gasteiger partial charge in [0.25, 0.3) is 10.1 Å². The van der Waals surface area contributed by atoms with E-state index < -0.39 is 20.8 Å². The summed E-state index contributed by atoms with van der Waals surface area (Å²) in [6, 6.07) is 25.0. The molecule has 0 unspecified atom stereocenters. The van der Waals surface area contributed by atoms with Crippen molar-refractivity contribution in [3.63, 3.8) is 0 Å². The molecule has 0 spiro atoms. The second-order valence-electron chi connectivity index (χ2n) is 7.88. The molecule has 3 N–H and O–H groups in total. The van der Waals surface area contributed by atoms with Crippen LogP contribution in [0.2, 0.25) is 0 Å². The minimum absolute atomic E-state index is 0. The third-order valence-corrected chi connectivity index (χ3v) is 6.44. The van der Waals surface area contributed by atoms with Gasteiger partial charge in [0.2, 0.25) is 0 Å². The maximum absolute atomic E-state index is 12.8. The first-order chi connectivity index (χ1) is 17.3. The van der Waals surface area contributed by atoms with Crippen molar-refractivity contribution in [1.29, 1.82) is 0 Å². The molecule has 0 aliphatic heterocycles. The zero-order chi connectivity index (χ0) is 25.3. The van der Waals surface area contributed by atoms with Gasteiger partial charge in [0, 0.05) is 21.8 Å². The Bertz CT molecular complexity index is 1790. The van der Waals surface area contributed by atoms with Gasteiger partial charge in [0.15, 0.2) is 0 Å². The minimum Gasteiger partial charge on any atom is -0.871 e. The van der Waals surface area contributed by atoms with Gasteiger partial charge in [0.05, 0.1) is 22.7 Å². The number of fused-ring (bicyclic) bond motifs is 2. The fourth-order valence-electron chi connectivity index (χ4n) is 3.79. The maximum atomic E-state index is 12.8. The van der Waals surface area contributed by atoms with E-state index in [2.05, 4.69) is 20.5 Å².